The molecule has 0 aliphatic rings. The third-order valence-electron chi connectivity index (χ3n) is 2.62. The molecule has 0 heterocycles. The third-order valence-corrected chi connectivity index (χ3v) is 3.71. The molecule has 0 aromatic heterocycles. The van der Waals surface area contributed by atoms with Crippen molar-refractivity contribution in [2.75, 3.05) is 5.75 Å². The largest absolute Gasteiger partial charge is 0.225 e. The number of nitrogens with zero attached hydrogens (tertiary/aromatic N) is 1. The number of rotatable bonds is 4. The Morgan fingerprint density at radius 2 is 1.83 bits per heavy atom. The fraction of sp³-hybridized carbons (Fsp3) is 0.154. The SMILES string of the molecule is N#CCS(=O)(=O)NCc1cccc2ccccc12. The van der Waals surface area contributed by atoms with Gasteiger partial charge >= 0.3 is 0 Å². The van der Waals surface area contributed by atoms with Crippen molar-refractivity contribution in [2.45, 2.75) is 6.54 Å². The number of nitrogens with one attached hydrogen (secondary N) is 1. The van der Waals surface area contributed by atoms with E-state index in [2.05, 4.69) is 4.72 Å². The number of nitriles is 1. The van der Waals surface area contributed by atoms with E-state index in [4.69, 9.17) is 5.26 Å². The number of hydrogen-bond donors (Lipinski definition) is 1. The molecular formula is C13H12N2O2S. The van der Waals surface area contributed by atoms with E-state index in [1.165, 1.54) is 0 Å². The van der Waals surface area contributed by atoms with E-state index in [1.807, 2.05) is 42.5 Å². The van der Waals surface area contributed by atoms with Crippen molar-refractivity contribution in [3.8, 4) is 6.07 Å². The van der Waals surface area contributed by atoms with Crippen LogP contribution in [0.1, 0.15) is 5.56 Å². The van der Waals surface area contributed by atoms with Gasteiger partial charge in [-0.1, -0.05) is 42.5 Å². The van der Waals surface area contributed by atoms with Gasteiger partial charge in [-0.15, -0.1) is 0 Å². The molecule has 0 amide bonds. The summed E-state index contributed by atoms with van der Waals surface area (Å²) >= 11 is 0. The lowest BCUT2D eigenvalue weighted by molar-refractivity contribution is 0.585. The van der Waals surface area contributed by atoms with E-state index in [0.717, 1.165) is 16.3 Å². The molecule has 0 saturated carbocycles. The fourth-order valence-corrected chi connectivity index (χ4v) is 2.42. The van der Waals surface area contributed by atoms with Gasteiger partial charge in [0.2, 0.25) is 10.0 Å². The van der Waals surface area contributed by atoms with Crippen LogP contribution in [0.2, 0.25) is 0 Å². The topological polar surface area (TPSA) is 70.0 Å². The molecule has 2 aromatic carbocycles. The van der Waals surface area contributed by atoms with Gasteiger partial charge in [0.1, 0.15) is 0 Å². The van der Waals surface area contributed by atoms with Crippen LogP contribution >= 0.6 is 0 Å². The third kappa shape index (κ3) is 2.86. The zero-order valence-electron chi connectivity index (χ0n) is 9.63. The average molecular weight is 260 g/mol. The van der Waals surface area contributed by atoms with Crippen LogP contribution in [0.5, 0.6) is 0 Å². The molecule has 92 valence electrons. The summed E-state index contributed by atoms with van der Waals surface area (Å²) in [6.45, 7) is 0.200. The summed E-state index contributed by atoms with van der Waals surface area (Å²) in [4.78, 5) is 0. The van der Waals surface area contributed by atoms with Crippen LogP contribution in [0.4, 0.5) is 0 Å². The van der Waals surface area contributed by atoms with Crippen LogP contribution in [0.3, 0.4) is 0 Å². The van der Waals surface area contributed by atoms with Crippen LogP contribution in [0.25, 0.3) is 10.8 Å². The zero-order chi connectivity index (χ0) is 13.0. The Hall–Kier alpha value is -1.90. The molecule has 2 rings (SSSR count). The van der Waals surface area contributed by atoms with Crippen molar-refractivity contribution in [1.29, 1.82) is 5.26 Å². The molecule has 0 radical (unpaired) electrons. The van der Waals surface area contributed by atoms with Crippen molar-refractivity contribution >= 4 is 20.8 Å². The normalized spacial score (nSPS) is 11.3. The van der Waals surface area contributed by atoms with E-state index in [9.17, 15) is 8.42 Å². The quantitative estimate of drug-likeness (QED) is 0.911. The lowest BCUT2D eigenvalue weighted by Gasteiger charge is -2.07. The minimum Gasteiger partial charge on any atom is -0.211 e. The Balaban J connectivity index is 2.26. The number of benzene rings is 2. The monoisotopic (exact) mass is 260 g/mol. The zero-order valence-corrected chi connectivity index (χ0v) is 10.4. The summed E-state index contributed by atoms with van der Waals surface area (Å²) in [7, 11) is -3.51. The van der Waals surface area contributed by atoms with Crippen LogP contribution in [0.15, 0.2) is 42.5 Å². The number of hydrogen-bond acceptors (Lipinski definition) is 3. The molecule has 0 unspecified atom stereocenters. The first-order chi connectivity index (χ1) is 8.62. The summed E-state index contributed by atoms with van der Waals surface area (Å²) in [5.41, 5.74) is 0.898. The molecule has 2 aromatic rings. The number of sulfonamides is 1. The summed E-state index contributed by atoms with van der Waals surface area (Å²) < 4.78 is 25.2. The Kier molecular flexibility index (Phi) is 3.60. The van der Waals surface area contributed by atoms with Crippen molar-refractivity contribution in [3.63, 3.8) is 0 Å². The molecule has 0 aliphatic carbocycles. The van der Waals surface area contributed by atoms with Crippen LogP contribution in [-0.4, -0.2) is 14.2 Å². The highest BCUT2D eigenvalue weighted by Gasteiger charge is 2.09. The van der Waals surface area contributed by atoms with E-state index >= 15 is 0 Å². The first-order valence-corrected chi connectivity index (χ1v) is 7.08. The van der Waals surface area contributed by atoms with E-state index < -0.39 is 15.8 Å². The Morgan fingerprint density at radius 1 is 1.11 bits per heavy atom. The van der Waals surface area contributed by atoms with Gasteiger partial charge in [0, 0.05) is 6.54 Å². The van der Waals surface area contributed by atoms with Gasteiger partial charge in [-0.3, -0.25) is 0 Å². The average Bonchev–Trinajstić information content (AvgIpc) is 2.36. The highest BCUT2D eigenvalue weighted by molar-refractivity contribution is 7.89. The molecule has 0 fully saturated rings. The standard InChI is InChI=1S/C13H12N2O2S/c14-8-9-18(16,17)15-10-12-6-3-5-11-4-1-2-7-13(11)12/h1-7,15H,9-10H2. The summed E-state index contributed by atoms with van der Waals surface area (Å²) in [6.07, 6.45) is 0. The van der Waals surface area contributed by atoms with Gasteiger partial charge in [-0.05, 0) is 16.3 Å². The molecule has 0 atom stereocenters. The van der Waals surface area contributed by atoms with Gasteiger partial charge in [0.25, 0.3) is 0 Å². The molecular weight excluding hydrogens is 248 g/mol. The maximum absolute atomic E-state index is 11.4. The predicted molar refractivity (Wildman–Crippen MR) is 70.2 cm³/mol. The Labute approximate surface area is 106 Å². The molecule has 0 spiro atoms. The van der Waals surface area contributed by atoms with Crippen molar-refractivity contribution in [2.24, 2.45) is 0 Å². The van der Waals surface area contributed by atoms with Gasteiger partial charge in [0.05, 0.1) is 6.07 Å². The van der Waals surface area contributed by atoms with Gasteiger partial charge < -0.3 is 0 Å². The maximum Gasteiger partial charge on any atom is 0.225 e. The molecule has 5 heteroatoms. The molecule has 0 bridgehead atoms. The maximum atomic E-state index is 11.4. The second-order valence-electron chi connectivity index (χ2n) is 3.88. The van der Waals surface area contributed by atoms with E-state index in [0.29, 0.717) is 0 Å². The summed E-state index contributed by atoms with van der Waals surface area (Å²) in [5, 5.41) is 10.5. The first-order valence-electron chi connectivity index (χ1n) is 5.43. The van der Waals surface area contributed by atoms with Gasteiger partial charge in [-0.25, -0.2) is 13.1 Å². The van der Waals surface area contributed by atoms with E-state index in [1.54, 1.807) is 6.07 Å². The lowest BCUT2D eigenvalue weighted by Crippen LogP contribution is -2.25. The predicted octanol–water partition coefficient (Wildman–Crippen LogP) is 1.78. The summed E-state index contributed by atoms with van der Waals surface area (Å²) in [5.74, 6) is -0.516. The smallest absolute Gasteiger partial charge is 0.211 e. The summed E-state index contributed by atoms with van der Waals surface area (Å²) in [6, 6.07) is 15.1. The lowest BCUT2D eigenvalue weighted by atomic mass is 10.1. The first kappa shape index (κ1) is 12.6. The minimum atomic E-state index is -3.51. The highest BCUT2D eigenvalue weighted by Crippen LogP contribution is 2.18. The molecule has 4 nitrogen and oxygen atoms in total. The molecule has 0 saturated heterocycles. The van der Waals surface area contributed by atoms with E-state index in [-0.39, 0.29) is 6.54 Å². The van der Waals surface area contributed by atoms with Crippen LogP contribution in [0, 0.1) is 11.3 Å². The minimum absolute atomic E-state index is 0.200. The van der Waals surface area contributed by atoms with Crippen molar-refractivity contribution < 1.29 is 8.42 Å². The van der Waals surface area contributed by atoms with Crippen LogP contribution in [-0.2, 0) is 16.6 Å². The second-order valence-corrected chi connectivity index (χ2v) is 5.68. The highest BCUT2D eigenvalue weighted by atomic mass is 32.2. The Bertz CT molecular complexity index is 697. The van der Waals surface area contributed by atoms with Crippen molar-refractivity contribution in [3.05, 3.63) is 48.0 Å². The molecule has 1 N–H and O–H groups in total. The van der Waals surface area contributed by atoms with Crippen LogP contribution < -0.4 is 4.72 Å². The fourth-order valence-electron chi connectivity index (χ4n) is 1.77. The molecule has 18 heavy (non-hydrogen) atoms. The Morgan fingerprint density at radius 3 is 2.61 bits per heavy atom. The van der Waals surface area contributed by atoms with Crippen molar-refractivity contribution in [1.82, 2.24) is 4.72 Å². The number of fused-ring (bicyclic) bond motifs is 1. The van der Waals surface area contributed by atoms with Gasteiger partial charge in [0.15, 0.2) is 5.75 Å². The second kappa shape index (κ2) is 5.17. The molecule has 0 aliphatic heterocycles. The van der Waals surface area contributed by atoms with Gasteiger partial charge in [-0.2, -0.15) is 5.26 Å².